The zero-order valence-electron chi connectivity index (χ0n) is 27.6. The highest BCUT2D eigenvalue weighted by molar-refractivity contribution is 5.91. The fraction of sp³-hybridized carbons (Fsp3) is 0.568. The second-order valence-corrected chi connectivity index (χ2v) is 14.2. The molecule has 2 unspecified atom stereocenters. The van der Waals surface area contributed by atoms with Crippen molar-refractivity contribution in [3.63, 3.8) is 0 Å². The molecule has 0 aliphatic carbocycles. The first-order valence-corrected chi connectivity index (χ1v) is 17.8. The fourth-order valence-corrected chi connectivity index (χ4v) is 8.58. The van der Waals surface area contributed by atoms with Crippen molar-refractivity contribution >= 4 is 34.4 Å². The highest BCUT2D eigenvalue weighted by Crippen LogP contribution is 2.35. The van der Waals surface area contributed by atoms with Crippen molar-refractivity contribution in [1.29, 1.82) is 0 Å². The van der Waals surface area contributed by atoms with Crippen molar-refractivity contribution < 1.29 is 14.4 Å². The van der Waals surface area contributed by atoms with Crippen LogP contribution in [0.3, 0.4) is 0 Å². The molecule has 0 bridgehead atoms. The van der Waals surface area contributed by atoms with E-state index in [9.17, 15) is 14.4 Å². The molecule has 2 atom stereocenters. The molecule has 0 spiro atoms. The summed E-state index contributed by atoms with van der Waals surface area (Å²) < 4.78 is 0. The van der Waals surface area contributed by atoms with Gasteiger partial charge in [0.05, 0.1) is 17.6 Å². The summed E-state index contributed by atoms with van der Waals surface area (Å²) in [7, 11) is 0. The first kappa shape index (κ1) is 31.7. The summed E-state index contributed by atoms with van der Waals surface area (Å²) in [6.07, 6.45) is 8.87. The Bertz CT molecular complexity index is 1570. The molecule has 4 aliphatic rings. The van der Waals surface area contributed by atoms with Crippen molar-refractivity contribution in [3.05, 3.63) is 59.8 Å². The van der Waals surface area contributed by atoms with Crippen LogP contribution in [-0.4, -0.2) is 94.6 Å². The van der Waals surface area contributed by atoms with Crippen molar-refractivity contribution in [2.24, 2.45) is 17.8 Å². The van der Waals surface area contributed by atoms with Crippen LogP contribution in [0.5, 0.6) is 0 Å². The second kappa shape index (κ2) is 14.1. The summed E-state index contributed by atoms with van der Waals surface area (Å²) in [4.78, 5) is 47.3. The van der Waals surface area contributed by atoms with Gasteiger partial charge in [0.15, 0.2) is 0 Å². The Kier molecular flexibility index (Phi) is 9.47. The van der Waals surface area contributed by atoms with Gasteiger partial charge in [-0.3, -0.25) is 14.7 Å². The van der Waals surface area contributed by atoms with E-state index in [4.69, 9.17) is 0 Å². The number of hydrogen-bond donors (Lipinski definition) is 3. The maximum atomic E-state index is 14.3. The van der Waals surface area contributed by atoms with Gasteiger partial charge in [0, 0.05) is 56.3 Å². The summed E-state index contributed by atoms with van der Waals surface area (Å²) in [5.41, 5.74) is 4.06. The van der Waals surface area contributed by atoms with E-state index in [0.717, 1.165) is 91.9 Å². The summed E-state index contributed by atoms with van der Waals surface area (Å²) in [5, 5.41) is 14.8. The molecule has 2 aromatic carbocycles. The highest BCUT2D eigenvalue weighted by atomic mass is 16.2. The number of anilines is 1. The van der Waals surface area contributed by atoms with E-state index < -0.39 is 5.92 Å². The number of carbonyl (C=O) groups is 3. The normalized spacial score (nSPS) is 21.6. The van der Waals surface area contributed by atoms with E-state index in [-0.39, 0.29) is 36.2 Å². The number of nitrogens with one attached hydrogen (secondary N) is 3. The molecule has 0 saturated carbocycles. The molecule has 10 heteroatoms. The zero-order chi connectivity index (χ0) is 32.3. The zero-order valence-corrected chi connectivity index (χ0v) is 27.6. The number of nitrogens with zero attached hydrogens (tertiary/aromatic N) is 4. The molecule has 3 saturated heterocycles. The number of carbonyl (C=O) groups excluding carboxylic acids is 3. The number of urea groups is 1. The number of aromatic nitrogens is 2. The molecule has 250 valence electrons. The third kappa shape index (κ3) is 6.89. The average Bonchev–Trinajstić information content (AvgIpc) is 3.52. The Morgan fingerprint density at radius 2 is 1.62 bits per heavy atom. The molecule has 1 aromatic heterocycles. The fourth-order valence-electron chi connectivity index (χ4n) is 8.58. The molecule has 5 heterocycles. The third-order valence-electron chi connectivity index (χ3n) is 11.6. The number of amides is 4. The van der Waals surface area contributed by atoms with Gasteiger partial charge in [0.2, 0.25) is 11.8 Å². The van der Waals surface area contributed by atoms with Gasteiger partial charge >= 0.3 is 6.03 Å². The maximum Gasteiger partial charge on any atom is 0.322 e. The number of rotatable bonds is 7. The molecule has 3 aromatic rings. The molecule has 4 amide bonds. The molecular weight excluding hydrogens is 590 g/mol. The van der Waals surface area contributed by atoms with Gasteiger partial charge in [0.25, 0.3) is 0 Å². The average molecular weight is 640 g/mol. The van der Waals surface area contributed by atoms with E-state index in [0.29, 0.717) is 25.6 Å². The SMILES string of the molecule is CC(c1ccc2[nH]ncc2c1)C(CC(=O)N1CCC(N2CCc3ccccc3NC2=O)CC1)C(=O)N1CCC(C2CCNCC2)CC1. The predicted molar refractivity (Wildman–Crippen MR) is 183 cm³/mol. The minimum atomic E-state index is -0.435. The van der Waals surface area contributed by atoms with E-state index in [2.05, 4.69) is 46.0 Å². The van der Waals surface area contributed by atoms with Crippen LogP contribution in [-0.2, 0) is 16.0 Å². The van der Waals surface area contributed by atoms with Crippen molar-refractivity contribution in [3.8, 4) is 0 Å². The smallest absolute Gasteiger partial charge is 0.322 e. The Labute approximate surface area is 277 Å². The van der Waals surface area contributed by atoms with Gasteiger partial charge in [-0.2, -0.15) is 5.10 Å². The standard InChI is InChI=1S/C37H49N7O3/c1-25(29-6-7-34-30(22-29)24-39-41-34)32(36(46)43-17-10-27(11-18-43)26-8-15-38-16-9-26)23-35(45)42-19-13-31(14-20-42)44-21-12-28-4-2-3-5-33(28)40-37(44)47/h2-7,22,24-27,31-32,38H,8-21,23H2,1H3,(H,39,41)(H,40,47). The van der Waals surface area contributed by atoms with E-state index in [1.807, 2.05) is 45.2 Å². The van der Waals surface area contributed by atoms with Gasteiger partial charge in [-0.1, -0.05) is 31.2 Å². The number of para-hydroxylation sites is 1. The van der Waals surface area contributed by atoms with Gasteiger partial charge in [-0.05, 0) is 105 Å². The Morgan fingerprint density at radius 1 is 0.894 bits per heavy atom. The summed E-state index contributed by atoms with van der Waals surface area (Å²) in [6.45, 7) is 7.71. The lowest BCUT2D eigenvalue weighted by atomic mass is 9.78. The maximum absolute atomic E-state index is 14.3. The predicted octanol–water partition coefficient (Wildman–Crippen LogP) is 4.99. The van der Waals surface area contributed by atoms with E-state index in [1.54, 1.807) is 0 Å². The van der Waals surface area contributed by atoms with E-state index >= 15 is 0 Å². The number of piperidine rings is 3. The van der Waals surface area contributed by atoms with Gasteiger partial charge < -0.3 is 25.3 Å². The number of likely N-dealkylation sites (tertiary alicyclic amines) is 2. The van der Waals surface area contributed by atoms with Crippen molar-refractivity contribution in [1.82, 2.24) is 30.2 Å². The van der Waals surface area contributed by atoms with E-state index in [1.165, 1.54) is 12.8 Å². The first-order chi connectivity index (χ1) is 22.9. The first-order valence-electron chi connectivity index (χ1n) is 17.8. The van der Waals surface area contributed by atoms with Crippen LogP contribution < -0.4 is 10.6 Å². The van der Waals surface area contributed by atoms with Gasteiger partial charge in [-0.15, -0.1) is 0 Å². The lowest BCUT2D eigenvalue weighted by Gasteiger charge is -2.40. The molecule has 47 heavy (non-hydrogen) atoms. The lowest BCUT2D eigenvalue weighted by Crippen LogP contribution is -2.51. The molecule has 3 N–H and O–H groups in total. The summed E-state index contributed by atoms with van der Waals surface area (Å²) in [5.74, 6) is 1.03. The Hall–Kier alpha value is -3.92. The van der Waals surface area contributed by atoms with Crippen molar-refractivity contribution in [2.75, 3.05) is 51.1 Å². The van der Waals surface area contributed by atoms with Gasteiger partial charge in [0.1, 0.15) is 0 Å². The van der Waals surface area contributed by atoms with Crippen LogP contribution in [0.15, 0.2) is 48.7 Å². The molecule has 7 rings (SSSR count). The summed E-state index contributed by atoms with van der Waals surface area (Å²) >= 11 is 0. The van der Waals surface area contributed by atoms with Crippen LogP contribution in [0.2, 0.25) is 0 Å². The highest BCUT2D eigenvalue weighted by Gasteiger charge is 2.38. The van der Waals surface area contributed by atoms with Crippen LogP contribution in [0, 0.1) is 17.8 Å². The minimum absolute atomic E-state index is 0.0374. The lowest BCUT2D eigenvalue weighted by molar-refractivity contribution is -0.143. The number of H-pyrrole nitrogens is 1. The van der Waals surface area contributed by atoms with Gasteiger partial charge in [-0.25, -0.2) is 4.79 Å². The van der Waals surface area contributed by atoms with Crippen LogP contribution in [0.25, 0.3) is 10.9 Å². The Morgan fingerprint density at radius 3 is 2.40 bits per heavy atom. The third-order valence-corrected chi connectivity index (χ3v) is 11.6. The van der Waals surface area contributed by atoms with Crippen LogP contribution in [0.1, 0.15) is 68.9 Å². The molecule has 10 nitrogen and oxygen atoms in total. The monoisotopic (exact) mass is 639 g/mol. The number of fused-ring (bicyclic) bond motifs is 2. The van der Waals surface area contributed by atoms with Crippen LogP contribution in [0.4, 0.5) is 10.5 Å². The Balaban J connectivity index is 1.01. The molecule has 3 fully saturated rings. The quantitative estimate of drug-likeness (QED) is 0.337. The van der Waals surface area contributed by atoms with Crippen LogP contribution >= 0.6 is 0 Å². The van der Waals surface area contributed by atoms with Crippen molar-refractivity contribution in [2.45, 2.75) is 70.3 Å². The minimum Gasteiger partial charge on any atom is -0.343 e. The molecular formula is C37H49N7O3. The molecule has 0 radical (unpaired) electrons. The summed E-state index contributed by atoms with van der Waals surface area (Å²) in [6, 6.07) is 14.2. The topological polar surface area (TPSA) is 114 Å². The second-order valence-electron chi connectivity index (χ2n) is 14.2. The largest absolute Gasteiger partial charge is 0.343 e. The number of benzene rings is 2. The molecule has 4 aliphatic heterocycles. The number of aromatic amines is 1. The number of hydrogen-bond acceptors (Lipinski definition) is 5.